The molecular formula is C59H85LuN11O16. The molecule has 0 aliphatic carbocycles. The third kappa shape index (κ3) is 28.8. The van der Waals surface area contributed by atoms with E-state index in [2.05, 4.69) is 45.1 Å². The maximum atomic E-state index is 12.5. The van der Waals surface area contributed by atoms with Crippen LogP contribution in [0.2, 0.25) is 0 Å². The number of aromatic nitrogens is 3. The van der Waals surface area contributed by atoms with E-state index in [1.165, 1.54) is 5.56 Å². The van der Waals surface area contributed by atoms with Crippen LogP contribution in [0.4, 0.5) is 10.7 Å². The van der Waals surface area contributed by atoms with Crippen LogP contribution in [0.15, 0.2) is 54.6 Å². The van der Waals surface area contributed by atoms with Crippen molar-refractivity contribution in [3.63, 3.8) is 0 Å². The third-order valence-electron chi connectivity index (χ3n) is 15.3. The van der Waals surface area contributed by atoms with Gasteiger partial charge in [-0.1, -0.05) is 80.3 Å². The van der Waals surface area contributed by atoms with Gasteiger partial charge in [-0.2, -0.15) is 9.97 Å². The topological polar surface area (TPSA) is 386 Å². The number of aryl methyl sites for hydroxylation is 1. The number of hydrogen-bond donors (Lipinski definition) is 10. The summed E-state index contributed by atoms with van der Waals surface area (Å²) in [6.07, 6.45) is 8.74. The molecule has 1 unspecified atom stereocenters. The van der Waals surface area contributed by atoms with Crippen molar-refractivity contribution in [1.29, 1.82) is 0 Å². The monoisotopic (exact) mass is 1380 g/mol. The van der Waals surface area contributed by atoms with E-state index in [1.54, 1.807) is 19.6 Å². The summed E-state index contributed by atoms with van der Waals surface area (Å²) in [5.74, 6) is -6.08. The summed E-state index contributed by atoms with van der Waals surface area (Å²) in [6, 6.07) is 14.0. The standard InChI is InChI=1S/C59H85N11O16.Lu/c71-50(60-25-11-10-14-46(56(82)83)61-59(86)62-47(57(84)85)21-22-51(72)73)16-9-4-2-1-3-8-15-48-63-49(65-58(64-48)69-26-23-44(24-27-69)43-12-6-5-7-13-43)35-42-19-17-41(18-20-42)34-45-36-68(39-54(78)79)31-30-66(37-52(74)75)28-29-67(38-53(76)77)32-33-70(45)40-55(80)81;/h5-7,12-13,17-20,44-47H,1-4,8-11,14-16,21-40H2,(H,60,71)(H,72,73)(H,74,75)(H,76,77)(H,78,79)(H,80,81)(H,82,83)(H,84,85)(H2,61,62,86);/t45?,46-,47-;/m0./s1. The molecule has 27 nitrogen and oxygen atoms in total. The number of carbonyl (C=O) groups excluding carboxylic acids is 2. The van der Waals surface area contributed by atoms with Crippen molar-refractivity contribution in [2.24, 2.45) is 0 Å². The smallest absolute Gasteiger partial charge is 0.326 e. The van der Waals surface area contributed by atoms with Gasteiger partial charge in [0.05, 0.1) is 26.2 Å². The number of carboxylic acid groups (broad SMARTS) is 7. The van der Waals surface area contributed by atoms with E-state index in [4.69, 9.17) is 20.1 Å². The largest absolute Gasteiger partial charge is 0.481 e. The third-order valence-corrected chi connectivity index (χ3v) is 15.3. The van der Waals surface area contributed by atoms with Crippen molar-refractivity contribution in [3.05, 3.63) is 82.9 Å². The van der Waals surface area contributed by atoms with Crippen molar-refractivity contribution in [2.75, 3.05) is 96.5 Å². The molecule has 0 saturated carbocycles. The molecule has 1 radical (unpaired) electrons. The fraction of sp³-hybridized carbons (Fsp3) is 0.593. The van der Waals surface area contributed by atoms with Crippen LogP contribution in [0, 0.1) is 36.9 Å². The van der Waals surface area contributed by atoms with E-state index in [0.717, 1.165) is 69.2 Å². The van der Waals surface area contributed by atoms with Gasteiger partial charge in [-0.05, 0) is 80.4 Å². The van der Waals surface area contributed by atoms with E-state index >= 15 is 0 Å². The van der Waals surface area contributed by atoms with Crippen LogP contribution in [0.3, 0.4) is 0 Å². The first-order valence-corrected chi connectivity index (χ1v) is 29.6. The number of hydrogen-bond acceptors (Lipinski definition) is 17. The zero-order valence-electron chi connectivity index (χ0n) is 49.1. The maximum absolute atomic E-state index is 12.5. The molecule has 2 aliphatic heterocycles. The van der Waals surface area contributed by atoms with Crippen LogP contribution in [0.5, 0.6) is 0 Å². The zero-order valence-corrected chi connectivity index (χ0v) is 50.7. The number of urea groups is 1. The molecule has 87 heavy (non-hydrogen) atoms. The van der Waals surface area contributed by atoms with Gasteiger partial charge in [0.25, 0.3) is 0 Å². The van der Waals surface area contributed by atoms with E-state index < -0.39 is 72.4 Å². The summed E-state index contributed by atoms with van der Waals surface area (Å²) in [7, 11) is 0. The van der Waals surface area contributed by atoms with E-state index in [-0.39, 0.29) is 128 Å². The molecule has 3 amide bonds. The first kappa shape index (κ1) is 72.8. The molecule has 2 aromatic carbocycles. The molecule has 2 fully saturated rings. The van der Waals surface area contributed by atoms with Crippen LogP contribution in [-0.2, 0) is 57.6 Å². The van der Waals surface area contributed by atoms with Crippen LogP contribution in [-0.4, -0.2) is 234 Å². The second-order valence-electron chi connectivity index (χ2n) is 22.1. The Hall–Kier alpha value is -6.65. The number of piperidine rings is 1. The second kappa shape index (κ2) is 39.3. The summed E-state index contributed by atoms with van der Waals surface area (Å²) in [4.78, 5) is 131. The summed E-state index contributed by atoms with van der Waals surface area (Å²) in [5, 5.41) is 74.1. The Balaban J connectivity index is 0.0000162. The normalized spacial score (nSPS) is 16.6. The number of nitrogens with one attached hydrogen (secondary N) is 3. The molecule has 3 aromatic rings. The van der Waals surface area contributed by atoms with Crippen LogP contribution < -0.4 is 20.9 Å². The molecule has 487 valence electrons. The number of benzene rings is 2. The second-order valence-corrected chi connectivity index (χ2v) is 22.1. The van der Waals surface area contributed by atoms with Gasteiger partial charge < -0.3 is 56.6 Å². The number of amides is 3. The van der Waals surface area contributed by atoms with Gasteiger partial charge in [0.2, 0.25) is 11.9 Å². The van der Waals surface area contributed by atoms with Gasteiger partial charge in [-0.15, -0.1) is 0 Å². The molecule has 10 N–H and O–H groups in total. The Morgan fingerprint density at radius 3 is 1.63 bits per heavy atom. The molecule has 5 rings (SSSR count). The molecule has 3 atom stereocenters. The van der Waals surface area contributed by atoms with E-state index in [9.17, 15) is 73.8 Å². The number of aliphatic carboxylic acids is 7. The minimum absolute atomic E-state index is 0. The number of carbonyl (C=O) groups is 9. The summed E-state index contributed by atoms with van der Waals surface area (Å²) in [5.41, 5.74) is 3.11. The van der Waals surface area contributed by atoms with Crippen molar-refractivity contribution >= 4 is 59.7 Å². The summed E-state index contributed by atoms with van der Waals surface area (Å²) < 4.78 is 0. The predicted octanol–water partition coefficient (Wildman–Crippen LogP) is 2.95. The van der Waals surface area contributed by atoms with Crippen molar-refractivity contribution in [3.8, 4) is 0 Å². The molecule has 28 heteroatoms. The Labute approximate surface area is 535 Å². The van der Waals surface area contributed by atoms with Gasteiger partial charge in [-0.3, -0.25) is 48.4 Å². The molecule has 1 aromatic heterocycles. The van der Waals surface area contributed by atoms with Crippen LogP contribution in [0.25, 0.3) is 0 Å². The van der Waals surface area contributed by atoms with Crippen molar-refractivity contribution in [1.82, 2.24) is 50.5 Å². The minimum Gasteiger partial charge on any atom is -0.481 e. The van der Waals surface area contributed by atoms with Crippen LogP contribution in [0.1, 0.15) is 124 Å². The van der Waals surface area contributed by atoms with E-state index in [0.29, 0.717) is 75.0 Å². The average Bonchev–Trinajstić information content (AvgIpc) is 2.46. The van der Waals surface area contributed by atoms with Gasteiger partial charge >= 0.3 is 47.8 Å². The number of unbranched alkanes of at least 4 members (excludes halogenated alkanes) is 6. The number of rotatable bonds is 35. The Morgan fingerprint density at radius 1 is 0.517 bits per heavy atom. The van der Waals surface area contributed by atoms with Crippen molar-refractivity contribution in [2.45, 2.75) is 133 Å². The number of carboxylic acids is 7. The SMILES string of the molecule is O=C(O)CC[C@H](NC(=O)N[C@@H](CCCCNC(=O)CCCCCCCCc1nc(Cc2ccc(CC3CN(CC(=O)O)CCN(CC(=O)O)CCN(CC(=O)O)CCN3CC(=O)O)cc2)nc(N2CCC(c3ccccc3)CC2)n1)C(=O)O)C(=O)O.[Lu]. The Morgan fingerprint density at radius 2 is 1.05 bits per heavy atom. The van der Waals surface area contributed by atoms with Gasteiger partial charge in [0.1, 0.15) is 23.7 Å². The predicted molar refractivity (Wildman–Crippen MR) is 313 cm³/mol. The molecule has 2 saturated heterocycles. The quantitative estimate of drug-likeness (QED) is 0.0378. The fourth-order valence-corrected chi connectivity index (χ4v) is 10.7. The van der Waals surface area contributed by atoms with E-state index in [1.807, 2.05) is 30.3 Å². The molecular weight excluding hydrogens is 1290 g/mol. The Kier molecular flexibility index (Phi) is 32.9. The molecule has 0 bridgehead atoms. The average molecular weight is 1380 g/mol. The van der Waals surface area contributed by atoms with Crippen LogP contribution >= 0.6 is 0 Å². The molecule has 0 spiro atoms. The first-order valence-electron chi connectivity index (χ1n) is 29.6. The first-order chi connectivity index (χ1) is 41.2. The molecule has 2 aliphatic rings. The summed E-state index contributed by atoms with van der Waals surface area (Å²) in [6.45, 7) is 1.83. The summed E-state index contributed by atoms with van der Waals surface area (Å²) >= 11 is 0. The number of anilines is 1. The fourth-order valence-electron chi connectivity index (χ4n) is 10.7. The number of nitrogens with zero attached hydrogens (tertiary/aromatic N) is 8. The van der Waals surface area contributed by atoms with Gasteiger partial charge in [0, 0.05) is 134 Å². The van der Waals surface area contributed by atoms with Crippen molar-refractivity contribution < 1.29 is 116 Å². The van der Waals surface area contributed by atoms with Gasteiger partial charge in [-0.25, -0.2) is 19.4 Å². The maximum Gasteiger partial charge on any atom is 0.326 e. The minimum atomic E-state index is -1.51. The van der Waals surface area contributed by atoms with Gasteiger partial charge in [0.15, 0.2) is 0 Å². The zero-order chi connectivity index (χ0) is 62.4. The molecule has 3 heterocycles. The Bertz CT molecular complexity index is 2690.